The topological polar surface area (TPSA) is 87.0 Å². The standard InChI is InChI=1S/C21H40O5/c1-2-3-4-11-14-19(24)15-12-9-7-5-6-8-10-13-16-21(25)26-20(17-22)18-23/h9,12,19-20,22-24H,2-8,10-11,13-18H2,1H3/b12-9-/t19-/m1/s1. The number of hydrogen-bond donors (Lipinski definition) is 3. The van der Waals surface area contributed by atoms with E-state index in [2.05, 4.69) is 19.1 Å². The Morgan fingerprint density at radius 1 is 0.923 bits per heavy atom. The minimum Gasteiger partial charge on any atom is -0.457 e. The van der Waals surface area contributed by atoms with Crippen LogP contribution in [-0.4, -0.2) is 46.7 Å². The van der Waals surface area contributed by atoms with Gasteiger partial charge in [0.15, 0.2) is 0 Å². The van der Waals surface area contributed by atoms with Crippen LogP contribution in [0.2, 0.25) is 0 Å². The minimum atomic E-state index is -0.788. The number of aliphatic hydroxyl groups is 3. The Labute approximate surface area is 159 Å². The van der Waals surface area contributed by atoms with E-state index in [-0.39, 0.29) is 25.3 Å². The lowest BCUT2D eigenvalue weighted by atomic mass is 10.1. The van der Waals surface area contributed by atoms with Crippen LogP contribution in [0.1, 0.15) is 90.4 Å². The molecule has 0 bridgehead atoms. The average Bonchev–Trinajstić information content (AvgIpc) is 2.64. The Hall–Kier alpha value is -0.910. The van der Waals surface area contributed by atoms with Gasteiger partial charge in [-0.25, -0.2) is 0 Å². The Bertz CT molecular complexity index is 339. The Balaban J connectivity index is 3.41. The second-order valence-corrected chi connectivity index (χ2v) is 6.99. The van der Waals surface area contributed by atoms with Crippen LogP contribution in [0, 0.1) is 0 Å². The zero-order valence-electron chi connectivity index (χ0n) is 16.6. The molecule has 0 amide bonds. The first-order valence-electron chi connectivity index (χ1n) is 10.4. The largest absolute Gasteiger partial charge is 0.457 e. The summed E-state index contributed by atoms with van der Waals surface area (Å²) < 4.78 is 4.91. The third-order valence-electron chi connectivity index (χ3n) is 4.42. The number of ether oxygens (including phenoxy) is 1. The molecular weight excluding hydrogens is 332 g/mol. The van der Waals surface area contributed by atoms with Gasteiger partial charge in [-0.2, -0.15) is 0 Å². The second-order valence-electron chi connectivity index (χ2n) is 6.99. The molecule has 0 aromatic carbocycles. The van der Waals surface area contributed by atoms with Crippen LogP contribution < -0.4 is 0 Å². The molecule has 0 saturated heterocycles. The van der Waals surface area contributed by atoms with Gasteiger partial charge in [-0.05, 0) is 32.1 Å². The number of allylic oxidation sites excluding steroid dienone is 1. The summed E-state index contributed by atoms with van der Waals surface area (Å²) in [5, 5.41) is 27.5. The zero-order valence-corrected chi connectivity index (χ0v) is 16.6. The summed E-state index contributed by atoms with van der Waals surface area (Å²) in [6.45, 7) is 1.51. The highest BCUT2D eigenvalue weighted by molar-refractivity contribution is 5.69. The van der Waals surface area contributed by atoms with Crippen molar-refractivity contribution < 1.29 is 24.9 Å². The van der Waals surface area contributed by atoms with E-state index in [1.807, 2.05) is 0 Å². The maximum atomic E-state index is 11.5. The molecule has 5 heteroatoms. The molecule has 3 N–H and O–H groups in total. The fourth-order valence-electron chi connectivity index (χ4n) is 2.73. The van der Waals surface area contributed by atoms with Gasteiger partial charge in [0.1, 0.15) is 6.10 Å². The first-order chi connectivity index (χ1) is 12.6. The lowest BCUT2D eigenvalue weighted by molar-refractivity contribution is -0.153. The number of carbonyl (C=O) groups is 1. The molecule has 0 fully saturated rings. The van der Waals surface area contributed by atoms with Crippen molar-refractivity contribution in [1.82, 2.24) is 0 Å². The van der Waals surface area contributed by atoms with E-state index in [4.69, 9.17) is 14.9 Å². The molecule has 0 saturated carbocycles. The Morgan fingerprint density at radius 3 is 2.27 bits per heavy atom. The van der Waals surface area contributed by atoms with Gasteiger partial charge in [0.05, 0.1) is 19.3 Å². The van der Waals surface area contributed by atoms with Gasteiger partial charge in [0.2, 0.25) is 0 Å². The van der Waals surface area contributed by atoms with Crippen molar-refractivity contribution in [3.63, 3.8) is 0 Å². The van der Waals surface area contributed by atoms with Crippen molar-refractivity contribution in [2.45, 2.75) is 103 Å². The number of aliphatic hydroxyl groups excluding tert-OH is 3. The molecular formula is C21H40O5. The molecule has 0 aliphatic carbocycles. The summed E-state index contributed by atoms with van der Waals surface area (Å²) in [6, 6.07) is 0. The highest BCUT2D eigenvalue weighted by Crippen LogP contribution is 2.11. The van der Waals surface area contributed by atoms with Crippen LogP contribution in [0.5, 0.6) is 0 Å². The van der Waals surface area contributed by atoms with E-state index in [0.29, 0.717) is 6.42 Å². The van der Waals surface area contributed by atoms with Gasteiger partial charge in [0.25, 0.3) is 0 Å². The van der Waals surface area contributed by atoms with Gasteiger partial charge in [0, 0.05) is 6.42 Å². The number of carbonyl (C=O) groups excluding carboxylic acids is 1. The molecule has 1 atom stereocenters. The summed E-state index contributed by atoms with van der Waals surface area (Å²) in [4.78, 5) is 11.5. The van der Waals surface area contributed by atoms with Crippen molar-refractivity contribution in [3.8, 4) is 0 Å². The number of esters is 1. The maximum absolute atomic E-state index is 11.5. The molecule has 0 radical (unpaired) electrons. The highest BCUT2D eigenvalue weighted by atomic mass is 16.6. The first-order valence-corrected chi connectivity index (χ1v) is 10.4. The number of rotatable bonds is 18. The molecule has 5 nitrogen and oxygen atoms in total. The highest BCUT2D eigenvalue weighted by Gasteiger charge is 2.11. The van der Waals surface area contributed by atoms with Crippen molar-refractivity contribution in [2.75, 3.05) is 13.2 Å². The predicted octanol–water partition coefficient (Wildman–Crippen LogP) is 3.89. The fraction of sp³-hybridized carbons (Fsp3) is 0.857. The molecule has 26 heavy (non-hydrogen) atoms. The summed E-state index contributed by atoms with van der Waals surface area (Å²) in [6.07, 6.45) is 16.3. The quantitative estimate of drug-likeness (QED) is 0.193. The Morgan fingerprint density at radius 2 is 1.58 bits per heavy atom. The maximum Gasteiger partial charge on any atom is 0.306 e. The second kappa shape index (κ2) is 18.9. The molecule has 0 spiro atoms. The molecule has 0 aromatic heterocycles. The predicted molar refractivity (Wildman–Crippen MR) is 105 cm³/mol. The Kier molecular flexibility index (Phi) is 18.2. The van der Waals surface area contributed by atoms with E-state index in [1.54, 1.807) is 0 Å². The van der Waals surface area contributed by atoms with E-state index in [0.717, 1.165) is 57.8 Å². The van der Waals surface area contributed by atoms with Crippen LogP contribution >= 0.6 is 0 Å². The first kappa shape index (κ1) is 25.1. The molecule has 0 unspecified atom stereocenters. The van der Waals surface area contributed by atoms with E-state index < -0.39 is 6.10 Å². The number of hydrogen-bond acceptors (Lipinski definition) is 5. The molecule has 0 heterocycles. The van der Waals surface area contributed by atoms with Gasteiger partial charge in [-0.15, -0.1) is 0 Å². The van der Waals surface area contributed by atoms with Gasteiger partial charge >= 0.3 is 5.97 Å². The van der Waals surface area contributed by atoms with Crippen LogP contribution in [0.3, 0.4) is 0 Å². The van der Waals surface area contributed by atoms with E-state index in [1.165, 1.54) is 19.3 Å². The zero-order chi connectivity index (χ0) is 19.5. The SMILES string of the molecule is CCCCCC[C@@H](O)C/C=C\CCCCCCCC(=O)OC(CO)CO. The smallest absolute Gasteiger partial charge is 0.306 e. The van der Waals surface area contributed by atoms with Crippen LogP contribution in [0.15, 0.2) is 12.2 Å². The minimum absolute atomic E-state index is 0.195. The van der Waals surface area contributed by atoms with Gasteiger partial charge in [-0.1, -0.05) is 64.0 Å². The van der Waals surface area contributed by atoms with E-state index >= 15 is 0 Å². The van der Waals surface area contributed by atoms with Gasteiger partial charge < -0.3 is 20.1 Å². The molecule has 0 aromatic rings. The number of unbranched alkanes of at least 4 members (excludes halogenated alkanes) is 8. The lowest BCUT2D eigenvalue weighted by Crippen LogP contribution is -2.25. The summed E-state index contributed by atoms with van der Waals surface area (Å²) in [5.74, 6) is -0.353. The molecule has 0 aliphatic rings. The van der Waals surface area contributed by atoms with Gasteiger partial charge in [-0.3, -0.25) is 4.79 Å². The van der Waals surface area contributed by atoms with Crippen molar-refractivity contribution in [3.05, 3.63) is 12.2 Å². The van der Waals surface area contributed by atoms with Crippen LogP contribution in [0.4, 0.5) is 0 Å². The monoisotopic (exact) mass is 372 g/mol. The summed E-state index contributed by atoms with van der Waals surface area (Å²) in [7, 11) is 0. The molecule has 154 valence electrons. The van der Waals surface area contributed by atoms with Crippen molar-refractivity contribution >= 4 is 5.97 Å². The summed E-state index contributed by atoms with van der Waals surface area (Å²) in [5.41, 5.74) is 0. The molecule has 0 rings (SSSR count). The van der Waals surface area contributed by atoms with Crippen molar-refractivity contribution in [2.24, 2.45) is 0 Å². The average molecular weight is 373 g/mol. The fourth-order valence-corrected chi connectivity index (χ4v) is 2.73. The molecule has 0 aliphatic heterocycles. The van der Waals surface area contributed by atoms with Crippen LogP contribution in [-0.2, 0) is 9.53 Å². The summed E-state index contributed by atoms with van der Waals surface area (Å²) >= 11 is 0. The normalized spacial score (nSPS) is 12.8. The third-order valence-corrected chi connectivity index (χ3v) is 4.42. The lowest BCUT2D eigenvalue weighted by Gasteiger charge is -2.12. The van der Waals surface area contributed by atoms with Crippen LogP contribution in [0.25, 0.3) is 0 Å². The van der Waals surface area contributed by atoms with E-state index in [9.17, 15) is 9.90 Å². The third kappa shape index (κ3) is 16.6. The van der Waals surface area contributed by atoms with Crippen molar-refractivity contribution in [1.29, 1.82) is 0 Å².